The number of fused-ring (bicyclic) bond motifs is 6. The van der Waals surface area contributed by atoms with Crippen LogP contribution in [0, 0.1) is 0 Å². The Morgan fingerprint density at radius 2 is 0.577 bits per heavy atom. The third kappa shape index (κ3) is 8.02. The highest BCUT2D eigenvalue weighted by Crippen LogP contribution is 2.46. The zero-order valence-electron chi connectivity index (χ0n) is 38.4. The van der Waals surface area contributed by atoms with Gasteiger partial charge in [0.15, 0.2) is 0 Å². The van der Waals surface area contributed by atoms with E-state index in [1.807, 2.05) is 22.7 Å². The van der Waals surface area contributed by atoms with Crippen LogP contribution in [-0.4, -0.2) is 0 Å². The van der Waals surface area contributed by atoms with E-state index in [-0.39, 0.29) is 0 Å². The first-order valence-corrected chi connectivity index (χ1v) is 25.8. The number of benzene rings is 11. The molecule has 0 bridgehead atoms. The maximum absolute atomic E-state index is 7.34. The van der Waals surface area contributed by atoms with E-state index < -0.39 is 0 Å². The maximum atomic E-state index is 7.34. The van der Waals surface area contributed by atoms with Gasteiger partial charge in [0.1, 0.15) is 0 Å². The first-order chi connectivity index (χ1) is 35.1. The largest absolute Gasteiger partial charge is 0.310 e. The highest BCUT2D eigenvalue weighted by atomic mass is 35.5. The van der Waals surface area contributed by atoms with Gasteiger partial charge < -0.3 is 9.80 Å². The van der Waals surface area contributed by atoms with E-state index in [0.717, 1.165) is 45.3 Å². The van der Waals surface area contributed by atoms with Crippen LogP contribution in [0.1, 0.15) is 0 Å². The van der Waals surface area contributed by atoms with Gasteiger partial charge in [-0.15, -0.1) is 22.7 Å². The lowest BCUT2D eigenvalue weighted by Crippen LogP contribution is -2.13. The molecule has 0 saturated carbocycles. The van der Waals surface area contributed by atoms with Gasteiger partial charge in [-0.3, -0.25) is 0 Å². The second-order valence-corrected chi connectivity index (χ2v) is 20.4. The van der Waals surface area contributed by atoms with Gasteiger partial charge in [0, 0.05) is 79.5 Å². The van der Waals surface area contributed by atoms with Crippen molar-refractivity contribution in [2.24, 2.45) is 0 Å². The first-order valence-electron chi connectivity index (χ1n) is 23.8. The zero-order valence-corrected chi connectivity index (χ0v) is 40.8. The zero-order chi connectivity index (χ0) is 47.3. The second-order valence-electron chi connectivity index (χ2n) is 17.8. The van der Waals surface area contributed by atoms with Gasteiger partial charge in [-0.1, -0.05) is 194 Å². The lowest BCUT2D eigenvalue weighted by molar-refractivity contribution is 1.25. The van der Waals surface area contributed by atoms with Crippen LogP contribution >= 0.6 is 34.3 Å². The lowest BCUT2D eigenvalue weighted by atomic mass is 10.0. The van der Waals surface area contributed by atoms with Gasteiger partial charge in [0.25, 0.3) is 0 Å². The Morgan fingerprint density at radius 1 is 0.254 bits per heavy atom. The molecule has 5 heteroatoms. The van der Waals surface area contributed by atoms with E-state index >= 15 is 0 Å². The predicted molar refractivity (Wildman–Crippen MR) is 308 cm³/mol. The number of thiophene rings is 2. The molecule has 2 heterocycles. The molecule has 0 unspecified atom stereocenters. The molecule has 11 aromatic carbocycles. The minimum Gasteiger partial charge on any atom is -0.310 e. The van der Waals surface area contributed by atoms with Gasteiger partial charge in [-0.2, -0.15) is 0 Å². The fourth-order valence-electron chi connectivity index (χ4n) is 10.1. The van der Waals surface area contributed by atoms with Crippen molar-refractivity contribution in [1.82, 2.24) is 0 Å². The Morgan fingerprint density at radius 3 is 0.972 bits per heavy atom. The fraction of sp³-hybridized carbons (Fsp3) is 0. The smallest absolute Gasteiger partial charge is 0.0497 e. The molecule has 0 aliphatic carbocycles. The topological polar surface area (TPSA) is 6.48 Å². The van der Waals surface area contributed by atoms with Crippen molar-refractivity contribution < 1.29 is 0 Å². The average Bonchev–Trinajstić information content (AvgIpc) is 4.01. The van der Waals surface area contributed by atoms with E-state index in [9.17, 15) is 0 Å². The standard InChI is InChI=1S/C66H43ClN2S2/c67-50-41-55(68(51-33-25-46(26-34-51)44-13-3-1-4-14-44)53-37-29-48(30-38-53)57-19-11-21-61-59-17-7-9-23-63(59)70-65(57)61)43-56(42-50)69(52-35-27-47(28-36-52)45-15-5-2-6-16-45)54-39-31-49(32-40-54)58-20-12-22-62-60-18-8-10-24-64(60)71-66(58)62/h1-43H. The third-order valence-corrected chi connectivity index (χ3v) is 16.2. The summed E-state index contributed by atoms with van der Waals surface area (Å²) >= 11 is 11.1. The summed E-state index contributed by atoms with van der Waals surface area (Å²) in [5.74, 6) is 0. The second kappa shape index (κ2) is 18.2. The Balaban J connectivity index is 0.934. The molecule has 0 amide bonds. The Bertz CT molecular complexity index is 3770. The van der Waals surface area contributed by atoms with Crippen LogP contribution in [0.3, 0.4) is 0 Å². The summed E-state index contributed by atoms with van der Waals surface area (Å²) in [5.41, 5.74) is 15.5. The minimum atomic E-state index is 0.635. The van der Waals surface area contributed by atoms with Gasteiger partial charge in [-0.05, 0) is 123 Å². The van der Waals surface area contributed by atoms with Crippen molar-refractivity contribution in [3.05, 3.63) is 266 Å². The van der Waals surface area contributed by atoms with Crippen LogP contribution in [0.4, 0.5) is 34.1 Å². The fourth-order valence-corrected chi connectivity index (χ4v) is 12.8. The van der Waals surface area contributed by atoms with Gasteiger partial charge in [0.2, 0.25) is 0 Å². The van der Waals surface area contributed by atoms with Crippen molar-refractivity contribution in [3.63, 3.8) is 0 Å². The van der Waals surface area contributed by atoms with E-state index in [0.29, 0.717) is 5.02 Å². The van der Waals surface area contributed by atoms with E-state index in [1.165, 1.54) is 73.7 Å². The molecule has 0 saturated heterocycles. The molecule has 0 atom stereocenters. The lowest BCUT2D eigenvalue weighted by Gasteiger charge is -2.30. The monoisotopic (exact) mass is 962 g/mol. The van der Waals surface area contributed by atoms with Gasteiger partial charge in [0.05, 0.1) is 0 Å². The molecule has 0 spiro atoms. The van der Waals surface area contributed by atoms with Crippen LogP contribution in [0.15, 0.2) is 261 Å². The molecule has 0 aliphatic heterocycles. The molecule has 13 aromatic rings. The van der Waals surface area contributed by atoms with E-state index in [1.54, 1.807) is 0 Å². The Hall–Kier alpha value is -8.25. The van der Waals surface area contributed by atoms with Crippen molar-refractivity contribution in [1.29, 1.82) is 0 Å². The molecule has 0 radical (unpaired) electrons. The molecule has 2 aromatic heterocycles. The minimum absolute atomic E-state index is 0.635. The van der Waals surface area contributed by atoms with Crippen LogP contribution in [0.25, 0.3) is 84.9 Å². The van der Waals surface area contributed by atoms with Gasteiger partial charge in [-0.25, -0.2) is 0 Å². The summed E-state index contributed by atoms with van der Waals surface area (Å²) in [7, 11) is 0. The van der Waals surface area contributed by atoms with Crippen LogP contribution in [-0.2, 0) is 0 Å². The van der Waals surface area contributed by atoms with Gasteiger partial charge >= 0.3 is 0 Å². The number of nitrogens with zero attached hydrogens (tertiary/aromatic N) is 2. The van der Waals surface area contributed by atoms with Crippen LogP contribution in [0.2, 0.25) is 5.02 Å². The average molecular weight is 964 g/mol. The molecule has 0 fully saturated rings. The highest BCUT2D eigenvalue weighted by molar-refractivity contribution is 7.26. The van der Waals surface area contributed by atoms with Crippen molar-refractivity contribution in [2.75, 3.05) is 9.80 Å². The molecule has 2 nitrogen and oxygen atoms in total. The number of hydrogen-bond donors (Lipinski definition) is 0. The summed E-state index contributed by atoms with van der Waals surface area (Å²) in [6.45, 7) is 0. The van der Waals surface area contributed by atoms with E-state index in [4.69, 9.17) is 11.6 Å². The molecule has 0 N–H and O–H groups in total. The molecule has 13 rings (SSSR count). The predicted octanol–water partition coefficient (Wildman–Crippen LogP) is 20.7. The normalized spacial score (nSPS) is 11.5. The molecular formula is C66H43ClN2S2. The number of halogens is 1. The SMILES string of the molecule is Clc1cc(N(c2ccc(-c3ccccc3)cc2)c2ccc(-c3cccc4c3sc3ccccc34)cc2)cc(N(c2ccc(-c3ccccc3)cc2)c2ccc(-c3cccc4c3sc3ccccc34)cc2)c1. The number of anilines is 6. The summed E-state index contributed by atoms with van der Waals surface area (Å²) in [6.07, 6.45) is 0. The highest BCUT2D eigenvalue weighted by Gasteiger charge is 2.21. The summed E-state index contributed by atoms with van der Waals surface area (Å²) in [4.78, 5) is 4.64. The maximum Gasteiger partial charge on any atom is 0.0497 e. The summed E-state index contributed by atoms with van der Waals surface area (Å²) in [5, 5.41) is 5.82. The molecule has 71 heavy (non-hydrogen) atoms. The number of rotatable bonds is 10. The third-order valence-electron chi connectivity index (χ3n) is 13.5. The number of hydrogen-bond acceptors (Lipinski definition) is 4. The van der Waals surface area contributed by atoms with E-state index in [2.05, 4.69) is 271 Å². The van der Waals surface area contributed by atoms with Crippen molar-refractivity contribution in [3.8, 4) is 44.5 Å². The van der Waals surface area contributed by atoms with Crippen LogP contribution in [0.5, 0.6) is 0 Å². The summed E-state index contributed by atoms with van der Waals surface area (Å²) < 4.78 is 5.21. The Kier molecular flexibility index (Phi) is 11.0. The molecular weight excluding hydrogens is 920 g/mol. The van der Waals surface area contributed by atoms with Crippen molar-refractivity contribution >= 4 is 109 Å². The summed E-state index contributed by atoms with van der Waals surface area (Å²) in [6, 6.07) is 93.9. The first kappa shape index (κ1) is 42.8. The molecule has 336 valence electrons. The Labute approximate surface area is 426 Å². The van der Waals surface area contributed by atoms with Crippen molar-refractivity contribution in [2.45, 2.75) is 0 Å². The quantitative estimate of drug-likeness (QED) is 0.135. The van der Waals surface area contributed by atoms with Crippen LogP contribution < -0.4 is 9.80 Å². The molecule has 0 aliphatic rings.